The summed E-state index contributed by atoms with van der Waals surface area (Å²) >= 11 is 0. The number of benzene rings is 2. The molecule has 0 spiro atoms. The summed E-state index contributed by atoms with van der Waals surface area (Å²) < 4.78 is 0. The molecular formula is C14H15N. The van der Waals surface area contributed by atoms with Gasteiger partial charge in [-0.2, -0.15) is 0 Å². The molecule has 0 unspecified atom stereocenters. The summed E-state index contributed by atoms with van der Waals surface area (Å²) in [5.74, 6) is 0. The smallest absolute Gasteiger partial charge is 0.0273 e. The third-order valence-electron chi connectivity index (χ3n) is 2.57. The van der Waals surface area contributed by atoms with Crippen LogP contribution in [0.1, 0.15) is 11.1 Å². The maximum absolute atomic E-state index is 4.00. The lowest BCUT2D eigenvalue weighted by molar-refractivity contribution is 1.33. The summed E-state index contributed by atoms with van der Waals surface area (Å²) in [7, 11) is 1.81. The fraction of sp³-hybridized carbons (Fsp3) is 0.214. The molecule has 0 bridgehead atoms. The van der Waals surface area contributed by atoms with Gasteiger partial charge in [-0.05, 0) is 23.3 Å². The van der Waals surface area contributed by atoms with Crippen molar-refractivity contribution >= 4 is 17.0 Å². The topological polar surface area (TPSA) is 12.4 Å². The highest BCUT2D eigenvalue weighted by molar-refractivity contribution is 5.84. The molecule has 0 saturated heterocycles. The Hall–Kier alpha value is -1.63. The molecule has 0 saturated carbocycles. The van der Waals surface area contributed by atoms with Crippen molar-refractivity contribution in [2.75, 3.05) is 7.05 Å². The minimum Gasteiger partial charge on any atom is -0.301 e. The van der Waals surface area contributed by atoms with E-state index in [-0.39, 0.29) is 0 Å². The van der Waals surface area contributed by atoms with Crippen LogP contribution in [0.4, 0.5) is 0 Å². The van der Waals surface area contributed by atoms with Crippen LogP contribution in [-0.4, -0.2) is 13.3 Å². The molecule has 0 radical (unpaired) electrons. The van der Waals surface area contributed by atoms with E-state index in [1.807, 2.05) is 13.3 Å². The summed E-state index contributed by atoms with van der Waals surface area (Å²) in [5.41, 5.74) is 2.63. The van der Waals surface area contributed by atoms with E-state index in [4.69, 9.17) is 0 Å². The van der Waals surface area contributed by atoms with E-state index in [2.05, 4.69) is 48.3 Å². The fourth-order valence-electron chi connectivity index (χ4n) is 1.74. The lowest BCUT2D eigenvalue weighted by Gasteiger charge is -2.02. The standard InChI is InChI=1S/C14H15N/c1-11-3-5-13-6-4-12(7-8-15-2)10-14(13)9-11/h3-6,8-10H,7H2,1-2H3. The lowest BCUT2D eigenvalue weighted by atomic mass is 10.0. The quantitative estimate of drug-likeness (QED) is 0.654. The van der Waals surface area contributed by atoms with Gasteiger partial charge in [-0.3, -0.25) is 0 Å². The van der Waals surface area contributed by atoms with E-state index in [0.717, 1.165) is 6.42 Å². The van der Waals surface area contributed by atoms with Crippen molar-refractivity contribution in [2.45, 2.75) is 13.3 Å². The maximum atomic E-state index is 4.00. The molecule has 0 amide bonds. The van der Waals surface area contributed by atoms with Crippen LogP contribution in [0.5, 0.6) is 0 Å². The largest absolute Gasteiger partial charge is 0.301 e. The first-order chi connectivity index (χ1) is 7.29. The molecule has 0 aromatic heterocycles. The number of hydrogen-bond acceptors (Lipinski definition) is 1. The predicted octanol–water partition coefficient (Wildman–Crippen LogP) is 3.39. The van der Waals surface area contributed by atoms with Crippen LogP contribution >= 0.6 is 0 Å². The SMILES string of the molecule is CN=CCc1ccc2ccc(C)cc2c1. The Morgan fingerprint density at radius 2 is 1.87 bits per heavy atom. The Bertz CT molecular complexity index is 498. The molecule has 15 heavy (non-hydrogen) atoms. The molecular weight excluding hydrogens is 182 g/mol. The highest BCUT2D eigenvalue weighted by atomic mass is 14.6. The van der Waals surface area contributed by atoms with E-state index in [1.165, 1.54) is 21.9 Å². The second-order valence-electron chi connectivity index (χ2n) is 3.83. The molecule has 0 aliphatic rings. The number of rotatable bonds is 2. The molecule has 0 heterocycles. The second kappa shape index (κ2) is 4.26. The van der Waals surface area contributed by atoms with Crippen molar-refractivity contribution < 1.29 is 0 Å². The minimum atomic E-state index is 0.917. The number of nitrogens with zero attached hydrogens (tertiary/aromatic N) is 1. The average Bonchev–Trinajstić information content (AvgIpc) is 2.25. The monoisotopic (exact) mass is 197 g/mol. The summed E-state index contributed by atoms with van der Waals surface area (Å²) in [5, 5.41) is 2.62. The maximum Gasteiger partial charge on any atom is 0.0273 e. The highest BCUT2D eigenvalue weighted by Gasteiger charge is 1.95. The first-order valence-electron chi connectivity index (χ1n) is 5.19. The normalized spacial score (nSPS) is 11.3. The van der Waals surface area contributed by atoms with Gasteiger partial charge >= 0.3 is 0 Å². The molecule has 0 N–H and O–H groups in total. The van der Waals surface area contributed by atoms with Gasteiger partial charge in [0.2, 0.25) is 0 Å². The molecule has 2 rings (SSSR count). The Morgan fingerprint density at radius 3 is 2.67 bits per heavy atom. The average molecular weight is 197 g/mol. The van der Waals surface area contributed by atoms with Crippen LogP contribution in [0.2, 0.25) is 0 Å². The molecule has 1 heteroatoms. The Morgan fingerprint density at radius 1 is 1.07 bits per heavy atom. The number of aliphatic imine (C=N–C) groups is 1. The van der Waals surface area contributed by atoms with Crippen LogP contribution in [0.3, 0.4) is 0 Å². The van der Waals surface area contributed by atoms with Crippen molar-refractivity contribution in [1.82, 2.24) is 0 Å². The molecule has 2 aromatic carbocycles. The second-order valence-corrected chi connectivity index (χ2v) is 3.83. The van der Waals surface area contributed by atoms with E-state index in [0.29, 0.717) is 0 Å². The lowest BCUT2D eigenvalue weighted by Crippen LogP contribution is -1.86. The van der Waals surface area contributed by atoms with Crippen molar-refractivity contribution in [1.29, 1.82) is 0 Å². The summed E-state index contributed by atoms with van der Waals surface area (Å²) in [6, 6.07) is 13.1. The van der Waals surface area contributed by atoms with E-state index >= 15 is 0 Å². The van der Waals surface area contributed by atoms with Gasteiger partial charge in [-0.25, -0.2) is 0 Å². The minimum absolute atomic E-state index is 0.917. The van der Waals surface area contributed by atoms with E-state index in [1.54, 1.807) is 0 Å². The third kappa shape index (κ3) is 2.24. The van der Waals surface area contributed by atoms with Gasteiger partial charge in [-0.15, -0.1) is 0 Å². The van der Waals surface area contributed by atoms with Gasteiger partial charge in [0.1, 0.15) is 0 Å². The zero-order chi connectivity index (χ0) is 10.7. The van der Waals surface area contributed by atoms with Gasteiger partial charge in [0.15, 0.2) is 0 Å². The van der Waals surface area contributed by atoms with Crippen LogP contribution < -0.4 is 0 Å². The summed E-state index contributed by atoms with van der Waals surface area (Å²) in [6.45, 7) is 2.12. The Kier molecular flexibility index (Phi) is 2.82. The molecule has 76 valence electrons. The fourth-order valence-corrected chi connectivity index (χ4v) is 1.74. The first kappa shape index (κ1) is 9.91. The van der Waals surface area contributed by atoms with Crippen molar-refractivity contribution in [3.8, 4) is 0 Å². The molecule has 1 nitrogen and oxygen atoms in total. The third-order valence-corrected chi connectivity index (χ3v) is 2.57. The van der Waals surface area contributed by atoms with E-state index < -0.39 is 0 Å². The summed E-state index contributed by atoms with van der Waals surface area (Å²) in [4.78, 5) is 4.00. The number of hydrogen-bond donors (Lipinski definition) is 0. The molecule has 0 fully saturated rings. The van der Waals surface area contributed by atoms with Crippen molar-refractivity contribution in [3.05, 3.63) is 47.5 Å². The van der Waals surface area contributed by atoms with E-state index in [9.17, 15) is 0 Å². The number of fused-ring (bicyclic) bond motifs is 1. The van der Waals surface area contributed by atoms with Gasteiger partial charge in [0.25, 0.3) is 0 Å². The van der Waals surface area contributed by atoms with Crippen LogP contribution in [0.25, 0.3) is 10.8 Å². The van der Waals surface area contributed by atoms with Crippen LogP contribution in [-0.2, 0) is 6.42 Å². The zero-order valence-electron chi connectivity index (χ0n) is 9.20. The van der Waals surface area contributed by atoms with Gasteiger partial charge in [0, 0.05) is 19.7 Å². The first-order valence-corrected chi connectivity index (χ1v) is 5.19. The summed E-state index contributed by atoms with van der Waals surface area (Å²) in [6.07, 6.45) is 2.86. The van der Waals surface area contributed by atoms with Gasteiger partial charge in [0.05, 0.1) is 0 Å². The molecule has 0 aliphatic heterocycles. The van der Waals surface area contributed by atoms with Gasteiger partial charge in [-0.1, -0.05) is 42.0 Å². The molecule has 2 aromatic rings. The van der Waals surface area contributed by atoms with Crippen LogP contribution in [0, 0.1) is 6.92 Å². The van der Waals surface area contributed by atoms with Crippen LogP contribution in [0.15, 0.2) is 41.4 Å². The molecule has 0 atom stereocenters. The van der Waals surface area contributed by atoms with Gasteiger partial charge < -0.3 is 4.99 Å². The van der Waals surface area contributed by atoms with Crippen molar-refractivity contribution in [3.63, 3.8) is 0 Å². The Balaban J connectivity index is 2.44. The zero-order valence-corrected chi connectivity index (χ0v) is 9.20. The van der Waals surface area contributed by atoms with Crippen molar-refractivity contribution in [2.24, 2.45) is 4.99 Å². The molecule has 0 aliphatic carbocycles. The predicted molar refractivity (Wildman–Crippen MR) is 66.8 cm³/mol. The number of aryl methyl sites for hydroxylation is 1. The Labute approximate surface area is 90.5 Å². The highest BCUT2D eigenvalue weighted by Crippen LogP contribution is 2.17.